The number of methoxy groups -OCH3 is 1. The van der Waals surface area contributed by atoms with Crippen LogP contribution >= 0.6 is 23.5 Å². The Balaban J connectivity index is 0. The molecular formula is C11H14Li4N5O14P3. The van der Waals surface area contributed by atoms with Crippen LogP contribution in [0.5, 0.6) is 0 Å². The van der Waals surface area contributed by atoms with E-state index in [2.05, 4.69) is 28.1 Å². The number of aromatic amines is 1. The summed E-state index contributed by atoms with van der Waals surface area (Å²) in [4.78, 5) is 65.6. The van der Waals surface area contributed by atoms with Gasteiger partial charge in [0, 0.05) is 7.11 Å². The van der Waals surface area contributed by atoms with Gasteiger partial charge in [-0.05, 0) is 0 Å². The minimum atomic E-state index is -6.15. The summed E-state index contributed by atoms with van der Waals surface area (Å²) in [7, 11) is -16.9. The molecule has 1 aliphatic heterocycles. The molecule has 1 aliphatic rings. The number of rotatable bonds is 9. The van der Waals surface area contributed by atoms with E-state index in [1.807, 2.05) is 0 Å². The number of nitrogens with one attached hydrogen (secondary N) is 1. The largest absolute Gasteiger partial charge is 1.00 e. The average Bonchev–Trinajstić information content (AvgIpc) is 3.17. The summed E-state index contributed by atoms with van der Waals surface area (Å²) in [5.41, 5.74) is 4.66. The Morgan fingerprint density at radius 2 is 1.73 bits per heavy atom. The number of hydrogen-bond donors (Lipinski definition) is 3. The molecule has 0 aromatic carbocycles. The van der Waals surface area contributed by atoms with E-state index < -0.39 is 60.2 Å². The Labute approximate surface area is 255 Å². The van der Waals surface area contributed by atoms with Crippen LogP contribution in [0, 0.1) is 0 Å². The van der Waals surface area contributed by atoms with Crippen LogP contribution in [0.4, 0.5) is 5.95 Å². The number of fused-ring (bicyclic) bond motifs is 1. The third kappa shape index (κ3) is 10.3. The van der Waals surface area contributed by atoms with Crippen LogP contribution in [0.3, 0.4) is 0 Å². The summed E-state index contributed by atoms with van der Waals surface area (Å²) in [6.07, 6.45) is -4.36. The van der Waals surface area contributed by atoms with Crippen LogP contribution in [-0.2, 0) is 36.3 Å². The molecule has 2 aromatic rings. The molecule has 26 heteroatoms. The molecule has 6 atom stereocenters. The van der Waals surface area contributed by atoms with Gasteiger partial charge in [-0.3, -0.25) is 27.8 Å². The monoisotopic (exact) mass is 561 g/mol. The van der Waals surface area contributed by atoms with Gasteiger partial charge in [-0.2, -0.15) is 4.98 Å². The van der Waals surface area contributed by atoms with Gasteiger partial charge in [0.1, 0.15) is 18.3 Å². The van der Waals surface area contributed by atoms with E-state index in [1.165, 1.54) is 11.7 Å². The van der Waals surface area contributed by atoms with E-state index in [4.69, 9.17) is 15.2 Å². The Kier molecular flexibility index (Phi) is 16.4. The molecule has 0 saturated carbocycles. The normalized spacial score (nSPS) is 24.5. The molecule has 0 radical (unpaired) electrons. The fourth-order valence-electron chi connectivity index (χ4n) is 2.91. The van der Waals surface area contributed by atoms with Crippen LogP contribution in [0.15, 0.2) is 11.1 Å². The second-order valence-electron chi connectivity index (χ2n) is 6.33. The molecule has 6 unspecified atom stereocenters. The number of nitrogen functional groups attached to an aromatic ring is 1. The number of aromatic nitrogens is 4. The summed E-state index contributed by atoms with van der Waals surface area (Å²) < 4.78 is 55.9. The van der Waals surface area contributed by atoms with Crippen LogP contribution in [-0.4, -0.2) is 56.7 Å². The zero-order valence-electron chi connectivity index (χ0n) is 20.1. The van der Waals surface area contributed by atoms with Crippen molar-refractivity contribution in [1.29, 1.82) is 0 Å². The topological polar surface area (TPSA) is 299 Å². The second kappa shape index (κ2) is 15.2. The zero-order valence-corrected chi connectivity index (χ0v) is 22.8. The number of aliphatic hydroxyl groups is 1. The van der Waals surface area contributed by atoms with E-state index in [0.29, 0.717) is 0 Å². The summed E-state index contributed by atoms with van der Waals surface area (Å²) in [6.45, 7) is -1.05. The predicted octanol–water partition coefficient (Wildman–Crippen LogP) is -16.2. The van der Waals surface area contributed by atoms with Gasteiger partial charge in [0.2, 0.25) is 5.95 Å². The molecule has 19 nitrogen and oxygen atoms in total. The second-order valence-corrected chi connectivity index (χ2v) is 10.6. The SMILES string of the molecule is COC1C(O)C(COP(=O)([O-])OP(=O)([O-])OP(=O)([O-])[O-])OC1n1cnc2c(=O)[nH]c(N)nc21.[Li+].[Li+].[Li+].[Li+]. The van der Waals surface area contributed by atoms with Gasteiger partial charge in [0.25, 0.3) is 21.2 Å². The van der Waals surface area contributed by atoms with Crippen molar-refractivity contribution < 1.29 is 136 Å². The van der Waals surface area contributed by atoms with Gasteiger partial charge in [0.15, 0.2) is 17.4 Å². The number of imidazole rings is 1. The first-order valence-electron chi connectivity index (χ1n) is 8.42. The number of H-pyrrole nitrogens is 1. The zero-order chi connectivity index (χ0) is 24.8. The number of anilines is 1. The predicted molar refractivity (Wildman–Crippen MR) is 94.2 cm³/mol. The molecule has 3 rings (SSSR count). The molecule has 2 aromatic heterocycles. The minimum Gasteiger partial charge on any atom is -0.790 e. The molecule has 1 saturated heterocycles. The molecule has 0 spiro atoms. The summed E-state index contributed by atoms with van der Waals surface area (Å²) in [6, 6.07) is 0. The van der Waals surface area contributed by atoms with Gasteiger partial charge in [0.05, 0.1) is 20.8 Å². The third-order valence-electron chi connectivity index (χ3n) is 4.11. The van der Waals surface area contributed by atoms with Gasteiger partial charge >= 0.3 is 75.4 Å². The van der Waals surface area contributed by atoms with Crippen LogP contribution in [0.2, 0.25) is 0 Å². The molecule has 186 valence electrons. The van der Waals surface area contributed by atoms with Gasteiger partial charge in [-0.25, -0.2) is 9.29 Å². The van der Waals surface area contributed by atoms with Crippen molar-refractivity contribution in [3.8, 4) is 0 Å². The first-order chi connectivity index (χ1) is 15.1. The molecule has 0 aliphatic carbocycles. The van der Waals surface area contributed by atoms with Crippen molar-refractivity contribution in [2.45, 2.75) is 24.5 Å². The van der Waals surface area contributed by atoms with Crippen molar-refractivity contribution in [3.05, 3.63) is 16.7 Å². The molecule has 3 heterocycles. The fraction of sp³-hybridized carbons (Fsp3) is 0.545. The van der Waals surface area contributed by atoms with Crippen LogP contribution < -0.4 is 106 Å². The van der Waals surface area contributed by atoms with Crippen molar-refractivity contribution in [2.75, 3.05) is 19.5 Å². The fourth-order valence-corrected chi connectivity index (χ4v) is 5.78. The third-order valence-corrected chi connectivity index (χ3v) is 7.77. The molecule has 0 bridgehead atoms. The van der Waals surface area contributed by atoms with E-state index in [9.17, 15) is 43.2 Å². The Bertz CT molecular complexity index is 1240. The Morgan fingerprint density at radius 3 is 2.27 bits per heavy atom. The van der Waals surface area contributed by atoms with Crippen molar-refractivity contribution >= 4 is 40.6 Å². The number of nitrogens with zero attached hydrogens (tertiary/aromatic N) is 3. The quantitative estimate of drug-likeness (QED) is 0.189. The van der Waals surface area contributed by atoms with Crippen molar-refractivity contribution in [1.82, 2.24) is 19.5 Å². The molecule has 1 fully saturated rings. The number of hydrogen-bond acceptors (Lipinski definition) is 17. The standard InChI is InChI=1S/C11H18N5O14P3.4Li/c1-26-7-6(17)4(2-27-32(22,23)30-33(24,25)29-31(19,20)21)28-10(7)16-3-13-5-8(16)14-11(12)15-9(5)18;;;;/h3-4,6-7,10,17H,2H2,1H3,(H,22,23)(H,24,25)(H2,19,20,21)(H3,12,14,15,18);;;;/q;4*+1/p-4. The van der Waals surface area contributed by atoms with Crippen molar-refractivity contribution in [3.63, 3.8) is 0 Å². The average molecular weight is 561 g/mol. The molecule has 0 amide bonds. The maximum atomic E-state index is 11.9. The van der Waals surface area contributed by atoms with Crippen LogP contribution in [0.25, 0.3) is 11.2 Å². The maximum Gasteiger partial charge on any atom is 1.00 e. The summed E-state index contributed by atoms with van der Waals surface area (Å²) in [5, 5.41) is 10.4. The van der Waals surface area contributed by atoms with E-state index in [1.54, 1.807) is 0 Å². The van der Waals surface area contributed by atoms with Gasteiger partial charge in [-0.1, -0.05) is 0 Å². The number of nitrogens with two attached hydrogens (primary N) is 1. The van der Waals surface area contributed by atoms with E-state index in [0.717, 1.165) is 6.33 Å². The Hall–Kier alpha value is 0.830. The molecule has 4 N–H and O–H groups in total. The van der Waals surface area contributed by atoms with E-state index >= 15 is 0 Å². The smallest absolute Gasteiger partial charge is 0.790 e. The number of phosphoric acid groups is 3. The Morgan fingerprint density at radius 1 is 1.14 bits per heavy atom. The molecule has 37 heavy (non-hydrogen) atoms. The van der Waals surface area contributed by atoms with Crippen LogP contribution in [0.1, 0.15) is 6.23 Å². The summed E-state index contributed by atoms with van der Waals surface area (Å²) >= 11 is 0. The van der Waals surface area contributed by atoms with Crippen molar-refractivity contribution in [2.24, 2.45) is 0 Å². The van der Waals surface area contributed by atoms with E-state index in [-0.39, 0.29) is 92.6 Å². The van der Waals surface area contributed by atoms with Gasteiger partial charge in [-0.15, -0.1) is 0 Å². The maximum absolute atomic E-state index is 11.9. The molecular weight excluding hydrogens is 547 g/mol. The first kappa shape index (κ1) is 40.0. The number of aliphatic hydroxyl groups excluding tert-OH is 1. The van der Waals surface area contributed by atoms with Gasteiger partial charge < -0.3 is 49.0 Å². The summed E-state index contributed by atoms with van der Waals surface area (Å²) in [5.74, 6) is -0.254. The number of ether oxygens (including phenoxy) is 2. The first-order valence-corrected chi connectivity index (χ1v) is 12.8. The minimum absolute atomic E-state index is 0. The number of phosphoric ester groups is 1.